The summed E-state index contributed by atoms with van der Waals surface area (Å²) >= 11 is 0. The van der Waals surface area contributed by atoms with Crippen molar-refractivity contribution in [2.24, 2.45) is 4.99 Å². The quantitative estimate of drug-likeness (QED) is 0.355. The first-order chi connectivity index (χ1) is 11.3. The van der Waals surface area contributed by atoms with E-state index in [-0.39, 0.29) is 0 Å². The van der Waals surface area contributed by atoms with E-state index in [1.165, 1.54) is 11.1 Å². The van der Waals surface area contributed by atoms with Gasteiger partial charge in [-0.05, 0) is 34.1 Å². The van der Waals surface area contributed by atoms with E-state index >= 15 is 0 Å². The second kappa shape index (κ2) is 8.88. The van der Waals surface area contributed by atoms with E-state index in [1.807, 2.05) is 24.6 Å². The van der Waals surface area contributed by atoms with E-state index in [0.717, 1.165) is 41.2 Å². The fourth-order valence-corrected chi connectivity index (χ4v) is 2.47. The van der Waals surface area contributed by atoms with Crippen LogP contribution in [0.2, 0.25) is 0 Å². The van der Waals surface area contributed by atoms with Crippen LogP contribution in [-0.4, -0.2) is 24.2 Å². The molecule has 1 aliphatic heterocycles. The molecule has 0 bridgehead atoms. The molecule has 0 aromatic carbocycles. The highest BCUT2D eigenvalue weighted by atomic mass is 15.1. The molecule has 0 saturated carbocycles. The second-order valence-electron chi connectivity index (χ2n) is 5.98. The number of terminal acetylenes is 1. The van der Waals surface area contributed by atoms with Gasteiger partial charge in [-0.15, -0.1) is 6.42 Å². The number of amidine groups is 1. The fraction of sp³-hybridized carbons (Fsp3) is 0.333. The zero-order chi connectivity index (χ0) is 18.3. The van der Waals surface area contributed by atoms with Gasteiger partial charge in [0, 0.05) is 12.6 Å². The number of rotatable bonds is 4. The molecular formula is C21H28N3+. The molecule has 0 radical (unpaired) electrons. The average molecular weight is 322 g/mol. The third-order valence-corrected chi connectivity index (χ3v) is 3.90. The van der Waals surface area contributed by atoms with Crippen molar-refractivity contribution in [1.29, 1.82) is 0 Å². The summed E-state index contributed by atoms with van der Waals surface area (Å²) in [6, 6.07) is 0. The molecule has 3 nitrogen and oxygen atoms in total. The van der Waals surface area contributed by atoms with E-state index < -0.39 is 0 Å². The molecule has 0 atom stereocenters. The lowest BCUT2D eigenvalue weighted by Gasteiger charge is -2.13. The van der Waals surface area contributed by atoms with Gasteiger partial charge in [0.05, 0.1) is 24.4 Å². The van der Waals surface area contributed by atoms with Crippen LogP contribution in [0.4, 0.5) is 0 Å². The van der Waals surface area contributed by atoms with Crippen LogP contribution in [0.5, 0.6) is 0 Å². The number of nitrogens with zero attached hydrogens (tertiary/aromatic N) is 2. The van der Waals surface area contributed by atoms with Crippen molar-refractivity contribution in [1.82, 2.24) is 5.32 Å². The van der Waals surface area contributed by atoms with Crippen molar-refractivity contribution in [2.75, 3.05) is 7.05 Å². The smallest absolute Gasteiger partial charge is 0.303 e. The fourth-order valence-electron chi connectivity index (χ4n) is 2.47. The Morgan fingerprint density at radius 2 is 2.08 bits per heavy atom. The van der Waals surface area contributed by atoms with Crippen LogP contribution >= 0.6 is 0 Å². The topological polar surface area (TPSA) is 27.4 Å². The van der Waals surface area contributed by atoms with Crippen molar-refractivity contribution >= 4 is 12.6 Å². The minimum absolute atomic E-state index is 0.763. The second-order valence-corrected chi connectivity index (χ2v) is 5.98. The van der Waals surface area contributed by atoms with E-state index in [0.29, 0.717) is 0 Å². The molecule has 0 fully saturated rings. The van der Waals surface area contributed by atoms with Crippen LogP contribution in [-0.2, 0) is 0 Å². The third kappa shape index (κ3) is 4.70. The summed E-state index contributed by atoms with van der Waals surface area (Å²) in [5.74, 6) is 3.62. The third-order valence-electron chi connectivity index (χ3n) is 3.90. The van der Waals surface area contributed by atoms with Crippen LogP contribution in [0, 0.1) is 12.3 Å². The summed E-state index contributed by atoms with van der Waals surface area (Å²) in [7, 11) is 1.85. The molecule has 0 unspecified atom stereocenters. The summed E-state index contributed by atoms with van der Waals surface area (Å²) in [5.41, 5.74) is 5.99. The molecule has 0 aromatic rings. The highest BCUT2D eigenvalue weighted by Crippen LogP contribution is 2.21. The van der Waals surface area contributed by atoms with Gasteiger partial charge in [-0.25, -0.2) is 4.58 Å². The van der Waals surface area contributed by atoms with Crippen molar-refractivity contribution in [3.05, 3.63) is 58.6 Å². The molecule has 0 aromatic heterocycles. The van der Waals surface area contributed by atoms with Crippen LogP contribution in [0.15, 0.2) is 63.6 Å². The molecule has 1 N–H and O–H groups in total. The van der Waals surface area contributed by atoms with Crippen molar-refractivity contribution in [2.45, 2.75) is 40.5 Å². The summed E-state index contributed by atoms with van der Waals surface area (Å²) in [6.07, 6.45) is 13.1. The molecule has 0 saturated heterocycles. The predicted octanol–water partition coefficient (Wildman–Crippen LogP) is 4.33. The monoisotopic (exact) mass is 322 g/mol. The van der Waals surface area contributed by atoms with Crippen molar-refractivity contribution < 1.29 is 4.58 Å². The molecule has 0 amide bonds. The first-order valence-electron chi connectivity index (χ1n) is 8.08. The van der Waals surface area contributed by atoms with E-state index in [2.05, 4.69) is 56.4 Å². The molecule has 24 heavy (non-hydrogen) atoms. The number of likely N-dealkylation sites (N-methyl/N-ethyl adjacent to an activating group) is 1. The number of aliphatic imine (C=N–C) groups is 1. The number of hydrogen-bond donors (Lipinski definition) is 1. The maximum absolute atomic E-state index is 5.64. The summed E-state index contributed by atoms with van der Waals surface area (Å²) in [6.45, 7) is 16.5. The van der Waals surface area contributed by atoms with Crippen LogP contribution in [0.25, 0.3) is 0 Å². The zero-order valence-electron chi connectivity index (χ0n) is 15.5. The Balaban J connectivity index is 3.20. The minimum Gasteiger partial charge on any atom is -0.384 e. The highest BCUT2D eigenvalue weighted by molar-refractivity contribution is 5.78. The Bertz CT molecular complexity index is 728. The van der Waals surface area contributed by atoms with Gasteiger partial charge in [0.1, 0.15) is 5.70 Å². The Kier molecular flexibility index (Phi) is 7.20. The highest BCUT2D eigenvalue weighted by Gasteiger charge is 2.20. The Labute approximate surface area is 146 Å². The lowest BCUT2D eigenvalue weighted by Crippen LogP contribution is -2.21. The lowest BCUT2D eigenvalue weighted by molar-refractivity contribution is -0.336. The largest absolute Gasteiger partial charge is 0.384 e. The van der Waals surface area contributed by atoms with Crippen LogP contribution in [0.1, 0.15) is 40.5 Å². The summed E-state index contributed by atoms with van der Waals surface area (Å²) in [4.78, 5) is 4.60. The van der Waals surface area contributed by atoms with Gasteiger partial charge in [0.2, 0.25) is 0 Å². The number of hydrogen-bond acceptors (Lipinski definition) is 2. The minimum atomic E-state index is 0.763. The van der Waals surface area contributed by atoms with Gasteiger partial charge in [-0.2, -0.15) is 0 Å². The lowest BCUT2D eigenvalue weighted by atomic mass is 10.0. The van der Waals surface area contributed by atoms with Gasteiger partial charge in [-0.1, -0.05) is 40.8 Å². The molecular weight excluding hydrogens is 294 g/mol. The first kappa shape index (κ1) is 19.4. The molecule has 3 heteroatoms. The standard InChI is InChI=1S/C21H28N3/c1-9-18(13-15(3)4)17(6)24(8)21-12-11-16(5)19(10-2)20(22-7)14-23-21/h2,9,13-14,22H,6,8,11-12H2,1,3-5,7H3/q+1. The average Bonchev–Trinajstić information content (AvgIpc) is 2.55. The predicted molar refractivity (Wildman–Crippen MR) is 105 cm³/mol. The van der Waals surface area contributed by atoms with Crippen LogP contribution in [0.3, 0.4) is 0 Å². The Morgan fingerprint density at radius 1 is 1.42 bits per heavy atom. The van der Waals surface area contributed by atoms with E-state index in [4.69, 9.17) is 6.42 Å². The summed E-state index contributed by atoms with van der Waals surface area (Å²) < 4.78 is 1.81. The van der Waals surface area contributed by atoms with Crippen molar-refractivity contribution in [3.63, 3.8) is 0 Å². The van der Waals surface area contributed by atoms with Crippen LogP contribution < -0.4 is 5.32 Å². The molecule has 126 valence electrons. The van der Waals surface area contributed by atoms with Crippen molar-refractivity contribution in [3.8, 4) is 12.3 Å². The van der Waals surface area contributed by atoms with Gasteiger partial charge < -0.3 is 5.32 Å². The zero-order valence-corrected chi connectivity index (χ0v) is 15.5. The Morgan fingerprint density at radius 3 is 2.58 bits per heavy atom. The number of nitrogens with one attached hydrogen (secondary N) is 1. The SMILES string of the molecule is C#CC1=C(C)CCC([N+](=C)C(=C)C(C=C(C)C)=CC)=NC=C1NC. The van der Waals surface area contributed by atoms with Gasteiger partial charge in [0.15, 0.2) is 6.20 Å². The first-order valence-corrected chi connectivity index (χ1v) is 8.08. The van der Waals surface area contributed by atoms with Gasteiger partial charge in [-0.3, -0.25) is 0 Å². The number of allylic oxidation sites excluding steroid dienone is 5. The maximum atomic E-state index is 5.64. The Hall–Kier alpha value is -2.60. The maximum Gasteiger partial charge on any atom is 0.303 e. The van der Waals surface area contributed by atoms with E-state index in [9.17, 15) is 0 Å². The molecule has 1 heterocycles. The van der Waals surface area contributed by atoms with Gasteiger partial charge in [0.25, 0.3) is 0 Å². The molecule has 1 aliphatic rings. The molecule has 1 rings (SSSR count). The summed E-state index contributed by atoms with van der Waals surface area (Å²) in [5, 5.41) is 3.12. The molecule has 0 spiro atoms. The van der Waals surface area contributed by atoms with Gasteiger partial charge >= 0.3 is 5.84 Å². The normalized spacial score (nSPS) is 15.4. The van der Waals surface area contributed by atoms with E-state index in [1.54, 1.807) is 6.20 Å². The molecule has 0 aliphatic carbocycles.